The summed E-state index contributed by atoms with van der Waals surface area (Å²) in [5.41, 5.74) is 4.25. The van der Waals surface area contributed by atoms with E-state index < -0.39 is 5.82 Å². The molecule has 6 rings (SSSR count). The molecule has 5 aromatic rings. The van der Waals surface area contributed by atoms with E-state index in [-0.39, 0.29) is 0 Å². The van der Waals surface area contributed by atoms with Gasteiger partial charge in [0.25, 0.3) is 0 Å². The highest BCUT2D eigenvalue weighted by atomic mass is 35.5. The molecule has 0 N–H and O–H groups in total. The fourth-order valence-electron chi connectivity index (χ4n) is 4.67. The minimum absolute atomic E-state index is 0.305. The van der Waals surface area contributed by atoms with Crippen LogP contribution in [0.25, 0.3) is 44.8 Å². The Morgan fingerprint density at radius 3 is 2.64 bits per heavy atom. The van der Waals surface area contributed by atoms with Crippen LogP contribution in [0.3, 0.4) is 0 Å². The highest BCUT2D eigenvalue weighted by molar-refractivity contribution is 6.30. The topological polar surface area (TPSA) is 72.6 Å². The summed E-state index contributed by atoms with van der Waals surface area (Å²) in [6.07, 6.45) is 11.1. The number of piperidine rings is 1. The Balaban J connectivity index is 1.42. The fourth-order valence-corrected chi connectivity index (χ4v) is 4.84. The summed E-state index contributed by atoms with van der Waals surface area (Å²) < 4.78 is 16.7. The van der Waals surface area contributed by atoms with Crippen molar-refractivity contribution in [3.05, 3.63) is 78.2 Å². The molecule has 0 spiro atoms. The van der Waals surface area contributed by atoms with E-state index in [0.717, 1.165) is 48.1 Å². The lowest BCUT2D eigenvalue weighted by molar-refractivity contribution is 0.212. The third kappa shape index (κ3) is 4.34. The van der Waals surface area contributed by atoms with Crippen LogP contribution >= 0.6 is 11.6 Å². The number of nitrogens with zero attached hydrogens (tertiary/aromatic N) is 7. The van der Waals surface area contributed by atoms with E-state index in [1.807, 2.05) is 35.3 Å². The van der Waals surface area contributed by atoms with Gasteiger partial charge in [-0.25, -0.2) is 19.3 Å². The van der Waals surface area contributed by atoms with Gasteiger partial charge in [-0.15, -0.1) is 0 Å². The van der Waals surface area contributed by atoms with Crippen LogP contribution in [0.1, 0.15) is 18.9 Å². The van der Waals surface area contributed by atoms with Gasteiger partial charge in [-0.2, -0.15) is 5.10 Å². The zero-order chi connectivity index (χ0) is 24.6. The Bertz CT molecular complexity index is 1560. The van der Waals surface area contributed by atoms with E-state index in [1.165, 1.54) is 12.1 Å². The molecule has 0 unspecified atom stereocenters. The zero-order valence-electron chi connectivity index (χ0n) is 19.6. The highest BCUT2D eigenvalue weighted by Crippen LogP contribution is 2.33. The third-order valence-electron chi connectivity index (χ3n) is 6.66. The Morgan fingerprint density at radius 1 is 0.944 bits per heavy atom. The van der Waals surface area contributed by atoms with Gasteiger partial charge >= 0.3 is 0 Å². The maximum atomic E-state index is 14.7. The number of aromatic nitrogens is 6. The van der Waals surface area contributed by atoms with Crippen LogP contribution < -0.4 is 0 Å². The van der Waals surface area contributed by atoms with E-state index in [4.69, 9.17) is 16.6 Å². The summed E-state index contributed by atoms with van der Waals surface area (Å²) in [5, 5.41) is 5.85. The van der Waals surface area contributed by atoms with Crippen molar-refractivity contribution in [2.75, 3.05) is 20.1 Å². The molecule has 1 saturated heterocycles. The molecule has 0 radical (unpaired) electrons. The second kappa shape index (κ2) is 9.37. The van der Waals surface area contributed by atoms with Crippen LogP contribution in [-0.4, -0.2) is 54.8 Å². The van der Waals surface area contributed by atoms with E-state index in [2.05, 4.69) is 32.0 Å². The minimum atomic E-state index is -0.408. The Labute approximate surface area is 212 Å². The van der Waals surface area contributed by atoms with Crippen molar-refractivity contribution in [2.45, 2.75) is 18.9 Å². The van der Waals surface area contributed by atoms with Crippen LogP contribution in [0.4, 0.5) is 4.39 Å². The number of halogens is 2. The van der Waals surface area contributed by atoms with Crippen molar-refractivity contribution in [1.29, 1.82) is 0 Å². The molecule has 0 atom stereocenters. The lowest BCUT2D eigenvalue weighted by atomic mass is 10.0. The standard InChI is InChI=1S/C27H23ClFN7/c1-35-9-6-19(7-10-35)36-16-17(13-32-36)25-14-30-15-26(33-25)21-12-24(22-11-18(28)4-5-23(22)29)34-27-20(21)3-2-8-31-27/h2-5,8,11-16,19H,6-7,9-10H2,1H3. The van der Waals surface area contributed by atoms with Crippen molar-refractivity contribution in [3.8, 4) is 33.8 Å². The first-order valence-electron chi connectivity index (χ1n) is 11.8. The lowest BCUT2D eigenvalue weighted by Gasteiger charge is -2.28. The molecule has 180 valence electrons. The maximum Gasteiger partial charge on any atom is 0.160 e. The van der Waals surface area contributed by atoms with E-state index in [0.29, 0.717) is 33.7 Å². The van der Waals surface area contributed by atoms with Gasteiger partial charge in [0.2, 0.25) is 0 Å². The van der Waals surface area contributed by atoms with E-state index in [1.54, 1.807) is 24.7 Å². The number of hydrogen-bond donors (Lipinski definition) is 0. The molecular weight excluding hydrogens is 477 g/mol. The molecular formula is C27H23ClFN7. The van der Waals surface area contributed by atoms with Crippen molar-refractivity contribution in [3.63, 3.8) is 0 Å². The summed E-state index contributed by atoms with van der Waals surface area (Å²) >= 11 is 6.15. The summed E-state index contributed by atoms with van der Waals surface area (Å²) in [6, 6.07) is 10.4. The van der Waals surface area contributed by atoms with Crippen molar-refractivity contribution >= 4 is 22.6 Å². The van der Waals surface area contributed by atoms with Crippen LogP contribution in [-0.2, 0) is 0 Å². The Kier molecular flexibility index (Phi) is 5.91. The summed E-state index contributed by atoms with van der Waals surface area (Å²) in [4.78, 5) is 20.7. The predicted octanol–water partition coefficient (Wildman–Crippen LogP) is 5.68. The largest absolute Gasteiger partial charge is 0.306 e. The average Bonchev–Trinajstić information content (AvgIpc) is 3.40. The molecule has 7 nitrogen and oxygen atoms in total. The summed E-state index contributed by atoms with van der Waals surface area (Å²) in [7, 11) is 2.15. The van der Waals surface area contributed by atoms with Gasteiger partial charge < -0.3 is 4.90 Å². The molecule has 4 aromatic heterocycles. The number of pyridine rings is 2. The Morgan fingerprint density at radius 2 is 1.78 bits per heavy atom. The molecule has 5 heterocycles. The first kappa shape index (κ1) is 22.7. The van der Waals surface area contributed by atoms with Gasteiger partial charge in [-0.05, 0) is 69.4 Å². The Hall–Kier alpha value is -3.75. The zero-order valence-corrected chi connectivity index (χ0v) is 20.4. The van der Waals surface area contributed by atoms with Gasteiger partial charge in [0.1, 0.15) is 5.82 Å². The molecule has 0 saturated carbocycles. The van der Waals surface area contributed by atoms with Gasteiger partial charge in [0, 0.05) is 39.5 Å². The van der Waals surface area contributed by atoms with E-state index in [9.17, 15) is 4.39 Å². The molecule has 0 aliphatic carbocycles. The maximum absolute atomic E-state index is 14.7. The smallest absolute Gasteiger partial charge is 0.160 e. The number of hydrogen-bond acceptors (Lipinski definition) is 6. The summed E-state index contributed by atoms with van der Waals surface area (Å²) in [6.45, 7) is 2.13. The molecule has 0 amide bonds. The van der Waals surface area contributed by atoms with Gasteiger partial charge in [-0.1, -0.05) is 11.6 Å². The van der Waals surface area contributed by atoms with Gasteiger partial charge in [0.15, 0.2) is 5.65 Å². The number of rotatable bonds is 4. The molecule has 1 aromatic carbocycles. The molecule has 1 aliphatic heterocycles. The average molecular weight is 500 g/mol. The number of fused-ring (bicyclic) bond motifs is 1. The number of benzene rings is 1. The van der Waals surface area contributed by atoms with Gasteiger partial charge in [0.05, 0.1) is 41.7 Å². The quantitative estimate of drug-likeness (QED) is 0.317. The minimum Gasteiger partial charge on any atom is -0.306 e. The van der Waals surface area contributed by atoms with Crippen LogP contribution in [0.5, 0.6) is 0 Å². The van der Waals surface area contributed by atoms with Crippen molar-refractivity contribution in [2.24, 2.45) is 0 Å². The monoisotopic (exact) mass is 499 g/mol. The lowest BCUT2D eigenvalue weighted by Crippen LogP contribution is -2.31. The van der Waals surface area contributed by atoms with Crippen molar-refractivity contribution < 1.29 is 4.39 Å². The second-order valence-electron chi connectivity index (χ2n) is 9.09. The summed E-state index contributed by atoms with van der Waals surface area (Å²) in [5.74, 6) is -0.408. The molecule has 0 bridgehead atoms. The molecule has 9 heteroatoms. The van der Waals surface area contributed by atoms with Crippen LogP contribution in [0.2, 0.25) is 5.02 Å². The van der Waals surface area contributed by atoms with E-state index >= 15 is 0 Å². The normalized spacial score (nSPS) is 15.0. The third-order valence-corrected chi connectivity index (χ3v) is 6.89. The molecule has 36 heavy (non-hydrogen) atoms. The predicted molar refractivity (Wildman–Crippen MR) is 138 cm³/mol. The van der Waals surface area contributed by atoms with Crippen LogP contribution in [0.15, 0.2) is 67.4 Å². The number of likely N-dealkylation sites (tertiary alicyclic amines) is 1. The first-order chi connectivity index (χ1) is 17.5. The van der Waals surface area contributed by atoms with Crippen molar-refractivity contribution in [1.82, 2.24) is 34.6 Å². The highest BCUT2D eigenvalue weighted by Gasteiger charge is 2.20. The second-order valence-corrected chi connectivity index (χ2v) is 9.52. The van der Waals surface area contributed by atoms with Crippen LogP contribution in [0, 0.1) is 5.82 Å². The fraction of sp³-hybridized carbons (Fsp3) is 0.222. The SMILES string of the molecule is CN1CCC(n2cc(-c3cncc(-c4cc(-c5cc(Cl)ccc5F)nc5ncccc45)n3)cn2)CC1. The molecule has 1 fully saturated rings. The first-order valence-corrected chi connectivity index (χ1v) is 12.2. The van der Waals surface area contributed by atoms with Gasteiger partial charge in [-0.3, -0.25) is 9.67 Å². The molecule has 1 aliphatic rings.